The topological polar surface area (TPSA) is 231 Å². The molecule has 20 atom stereocenters. The van der Waals surface area contributed by atoms with Crippen LogP contribution in [0.15, 0.2) is 364 Å². The number of carbonyl (C=O) groups is 1. The summed E-state index contributed by atoms with van der Waals surface area (Å²) in [6, 6.07) is 119. The van der Waals surface area contributed by atoms with E-state index in [1.807, 2.05) is 364 Å². The number of unbranched alkanes of at least 4 members (excludes halogenated alkanes) is 5. The van der Waals surface area contributed by atoms with Gasteiger partial charge < -0.3 is 105 Å². The fourth-order valence-electron chi connectivity index (χ4n) is 18.0. The SMILES string of the molecule is COC(=O)CCCCCCCCO[C@H]1O[C@H](COCc2ccccc2)[C@@H](OCc2ccccc2)[C@H](OCc2ccccc2)[C@@H]1O[C@@H]1O[C@H](COCc2ccccc2)[C@@H](OCc2ccccc2)[C@H](OCc2ccccc2)[C@@H]1O[C@@H]1O[C@H](COCc2ccccc2)[C@@H](OCc2ccccc2)[C@H](OCc2ccccc2)[C@@H]1O[C@@H]1O[C@H](COCc2ccccc2)[C@@H](OCc2ccccc2)[C@H](OCc2ccccc2)[C@@H]1O. The van der Waals surface area contributed by atoms with Crippen LogP contribution in [0.3, 0.4) is 0 Å². The lowest BCUT2D eigenvalue weighted by Crippen LogP contribution is -2.69. The molecular formula is C118H132O23. The van der Waals surface area contributed by atoms with E-state index in [1.54, 1.807) is 0 Å². The average Bonchev–Trinajstić information content (AvgIpc) is 0.753. The molecule has 0 aliphatic carbocycles. The summed E-state index contributed by atoms with van der Waals surface area (Å²) >= 11 is 0. The normalized spacial score (nSPS) is 24.6. The third kappa shape index (κ3) is 32.1. The highest BCUT2D eigenvalue weighted by Crippen LogP contribution is 2.42. The molecule has 12 aromatic rings. The van der Waals surface area contributed by atoms with Crippen molar-refractivity contribution >= 4 is 5.97 Å². The Morgan fingerprint density at radius 3 is 0.681 bits per heavy atom. The molecule has 16 rings (SSSR count). The number of ether oxygens (including phenoxy) is 21. The number of carbonyl (C=O) groups excluding carboxylic acids is 1. The number of aliphatic hydroxyl groups is 1. The van der Waals surface area contributed by atoms with E-state index in [0.29, 0.717) is 19.3 Å². The van der Waals surface area contributed by atoms with Gasteiger partial charge in [-0.25, -0.2) is 0 Å². The van der Waals surface area contributed by atoms with Gasteiger partial charge in [0.1, 0.15) is 97.7 Å². The molecular weight excluding hydrogens is 1790 g/mol. The minimum absolute atomic E-state index is 0.000545. The fraction of sp³-hybridized carbons (Fsp3) is 0.381. The second-order valence-electron chi connectivity index (χ2n) is 35.9. The first-order chi connectivity index (χ1) is 69.7. The van der Waals surface area contributed by atoms with Gasteiger partial charge in [-0.1, -0.05) is 390 Å². The van der Waals surface area contributed by atoms with Crippen LogP contribution in [0.5, 0.6) is 0 Å². The maximum atomic E-state index is 14.0. The summed E-state index contributed by atoms with van der Waals surface area (Å²) in [6.07, 6.45) is -19.8. The molecule has 4 fully saturated rings. The predicted molar refractivity (Wildman–Crippen MR) is 530 cm³/mol. The molecule has 0 unspecified atom stereocenters. The van der Waals surface area contributed by atoms with Crippen LogP contribution in [0.2, 0.25) is 0 Å². The van der Waals surface area contributed by atoms with Crippen LogP contribution < -0.4 is 0 Å². The second kappa shape index (κ2) is 56.9. The van der Waals surface area contributed by atoms with Crippen LogP contribution in [0, 0.1) is 0 Å². The monoisotopic (exact) mass is 1920 g/mol. The molecule has 0 spiro atoms. The first-order valence-electron chi connectivity index (χ1n) is 49.4. The van der Waals surface area contributed by atoms with Crippen molar-refractivity contribution in [3.63, 3.8) is 0 Å². The van der Waals surface area contributed by atoms with Crippen molar-refractivity contribution in [1.82, 2.24) is 0 Å². The lowest BCUT2D eigenvalue weighted by molar-refractivity contribution is -0.416. The number of benzene rings is 12. The standard InChI is InChI=1S/C118H132O23/c1-121-102(119)68-42-4-2-3-5-43-69-126-116-112(109(132-79-95-62-36-15-37-63-95)105(128-75-91-54-28-11-29-55-91)99(136-116)83-123-71-87-46-20-7-21-47-87)140-118-114(111(134-81-97-66-40-17-41-67-97)107(130-77-93-58-32-13-33-59-93)101(138-118)85-125-73-89-50-24-9-25-51-89)141-117-113(110(133-80-96-64-38-16-39-65-96)106(129-76-92-56-30-12-31-57-92)100(137-117)84-124-72-88-48-22-8-23-49-88)139-115-103(120)108(131-78-94-60-34-14-35-61-94)104(127-74-90-52-26-10-27-53-90)98(135-115)82-122-70-86-44-18-6-19-45-86/h6-41,44-67,98-101,103-118,120H,2-5,42-43,68-85H2,1H3/t98-,99-,100-,101-,103+,104-,105-,106-,107-,108-,109+,110+,111+,112+,113+,114+,115+,116+,117+,118+/m1/s1. The second-order valence-corrected chi connectivity index (χ2v) is 35.9. The molecule has 0 amide bonds. The zero-order valence-corrected chi connectivity index (χ0v) is 80.1. The van der Waals surface area contributed by atoms with Crippen molar-refractivity contribution in [3.8, 4) is 0 Å². The molecule has 1 N–H and O–H groups in total. The first-order valence-corrected chi connectivity index (χ1v) is 49.4. The molecule has 0 saturated carbocycles. The highest BCUT2D eigenvalue weighted by Gasteiger charge is 2.60. The lowest BCUT2D eigenvalue weighted by Gasteiger charge is -2.52. The maximum absolute atomic E-state index is 14.0. The molecule has 0 aromatic heterocycles. The van der Waals surface area contributed by atoms with Gasteiger partial charge in [0.15, 0.2) is 25.2 Å². The zero-order valence-electron chi connectivity index (χ0n) is 80.1. The molecule has 4 heterocycles. The summed E-state index contributed by atoms with van der Waals surface area (Å²) in [7, 11) is 1.42. The molecule has 12 aromatic carbocycles. The molecule has 4 aliphatic heterocycles. The molecule has 23 nitrogen and oxygen atoms in total. The smallest absolute Gasteiger partial charge is 0.305 e. The quantitative estimate of drug-likeness (QED) is 0.0276. The summed E-state index contributed by atoms with van der Waals surface area (Å²) in [5.74, 6) is -0.226. The van der Waals surface area contributed by atoms with Gasteiger partial charge >= 0.3 is 5.97 Å². The third-order valence-corrected chi connectivity index (χ3v) is 25.4. The van der Waals surface area contributed by atoms with Crippen LogP contribution in [0.25, 0.3) is 0 Å². The van der Waals surface area contributed by atoms with E-state index in [-0.39, 0.29) is 118 Å². The van der Waals surface area contributed by atoms with Crippen LogP contribution >= 0.6 is 0 Å². The molecule has 0 radical (unpaired) electrons. The van der Waals surface area contributed by atoms with E-state index in [0.717, 1.165) is 92.4 Å². The van der Waals surface area contributed by atoms with Gasteiger partial charge in [-0.05, 0) is 79.6 Å². The summed E-state index contributed by atoms with van der Waals surface area (Å²) < 4.78 is 155. The zero-order chi connectivity index (χ0) is 96.3. The van der Waals surface area contributed by atoms with E-state index in [1.165, 1.54) is 7.11 Å². The highest BCUT2D eigenvalue weighted by molar-refractivity contribution is 5.69. The number of esters is 1. The van der Waals surface area contributed by atoms with Crippen molar-refractivity contribution < 1.29 is 109 Å². The van der Waals surface area contributed by atoms with Gasteiger partial charge in [-0.2, -0.15) is 0 Å². The number of rotatable bonds is 56. The number of methoxy groups -OCH3 is 1. The van der Waals surface area contributed by atoms with Crippen LogP contribution in [-0.2, 0) is 184 Å². The van der Waals surface area contributed by atoms with Crippen molar-refractivity contribution in [3.05, 3.63) is 431 Å². The van der Waals surface area contributed by atoms with E-state index < -0.39 is 123 Å². The summed E-state index contributed by atoms with van der Waals surface area (Å²) in [4.78, 5) is 12.2. The minimum atomic E-state index is -1.66. The first kappa shape index (κ1) is 103. The summed E-state index contributed by atoms with van der Waals surface area (Å²) in [6.45, 7) is 1.31. The van der Waals surface area contributed by atoms with Gasteiger partial charge in [-0.3, -0.25) is 4.79 Å². The van der Waals surface area contributed by atoms with Gasteiger partial charge in [0, 0.05) is 13.0 Å². The van der Waals surface area contributed by atoms with Gasteiger partial charge in [0.05, 0.1) is 113 Å². The largest absolute Gasteiger partial charge is 0.469 e. The van der Waals surface area contributed by atoms with Gasteiger partial charge in [0.2, 0.25) is 0 Å². The maximum Gasteiger partial charge on any atom is 0.305 e. The Kier molecular flexibility index (Phi) is 41.7. The third-order valence-electron chi connectivity index (χ3n) is 25.4. The van der Waals surface area contributed by atoms with Crippen LogP contribution in [0.1, 0.15) is 112 Å². The highest BCUT2D eigenvalue weighted by atomic mass is 16.8. The lowest BCUT2D eigenvalue weighted by atomic mass is 9.94. The van der Waals surface area contributed by atoms with Crippen molar-refractivity contribution in [2.45, 2.75) is 247 Å². The fourth-order valence-corrected chi connectivity index (χ4v) is 18.0. The van der Waals surface area contributed by atoms with Crippen molar-refractivity contribution in [1.29, 1.82) is 0 Å². The predicted octanol–water partition coefficient (Wildman–Crippen LogP) is 19.9. The Balaban J connectivity index is 0.871. The molecule has 4 saturated heterocycles. The molecule has 4 aliphatic rings. The number of hydrogen-bond acceptors (Lipinski definition) is 23. The Labute approximate surface area is 828 Å². The summed E-state index contributed by atoms with van der Waals surface area (Å²) in [5.41, 5.74) is 10.5. The minimum Gasteiger partial charge on any atom is -0.469 e. The van der Waals surface area contributed by atoms with E-state index in [9.17, 15) is 9.90 Å². The Bertz CT molecular complexity index is 5380. The molecule has 0 bridgehead atoms. The molecule has 742 valence electrons. The summed E-state index contributed by atoms with van der Waals surface area (Å²) in [5, 5.41) is 14.0. The average molecular weight is 1920 g/mol. The van der Waals surface area contributed by atoms with Crippen molar-refractivity contribution in [2.75, 3.05) is 40.1 Å². The van der Waals surface area contributed by atoms with E-state index in [2.05, 4.69) is 0 Å². The molecule has 141 heavy (non-hydrogen) atoms. The Hall–Kier alpha value is -10.7. The number of aliphatic hydroxyl groups excluding tert-OH is 1. The van der Waals surface area contributed by atoms with Gasteiger partial charge in [0.25, 0.3) is 0 Å². The van der Waals surface area contributed by atoms with Gasteiger partial charge in [-0.15, -0.1) is 0 Å². The molecule has 23 heteroatoms. The Morgan fingerprint density at radius 1 is 0.220 bits per heavy atom. The van der Waals surface area contributed by atoms with Crippen LogP contribution in [-0.4, -0.2) is 174 Å². The number of hydrogen-bond donors (Lipinski definition) is 1. The van der Waals surface area contributed by atoms with E-state index >= 15 is 0 Å². The van der Waals surface area contributed by atoms with Crippen molar-refractivity contribution in [2.24, 2.45) is 0 Å². The Morgan fingerprint density at radius 2 is 0.418 bits per heavy atom. The van der Waals surface area contributed by atoms with Crippen LogP contribution in [0.4, 0.5) is 0 Å². The van der Waals surface area contributed by atoms with E-state index in [4.69, 9.17) is 99.5 Å².